The first-order chi connectivity index (χ1) is 6.33. The van der Waals surface area contributed by atoms with Crippen molar-refractivity contribution in [2.24, 2.45) is 0 Å². The molecule has 1 heterocycles. The molecule has 3 nitrogen and oxygen atoms in total. The van der Waals surface area contributed by atoms with Gasteiger partial charge in [-0.25, -0.2) is 4.98 Å². The van der Waals surface area contributed by atoms with Crippen LogP contribution in [0.5, 0.6) is 0 Å². The number of esters is 1. The lowest BCUT2D eigenvalue weighted by Gasteiger charge is -1.95. The predicted octanol–water partition coefficient (Wildman–Crippen LogP) is 2.11. The van der Waals surface area contributed by atoms with Gasteiger partial charge in [0.25, 0.3) is 0 Å². The van der Waals surface area contributed by atoms with Gasteiger partial charge in [0.1, 0.15) is 5.01 Å². The van der Waals surface area contributed by atoms with Crippen LogP contribution in [0.25, 0.3) is 6.08 Å². The second kappa shape index (κ2) is 5.48. The fourth-order valence-electron chi connectivity index (χ4n) is 0.793. The van der Waals surface area contributed by atoms with Gasteiger partial charge in [-0.3, -0.25) is 4.79 Å². The highest BCUT2D eigenvalue weighted by atomic mass is 32.1. The van der Waals surface area contributed by atoms with Crippen molar-refractivity contribution >= 4 is 23.4 Å². The summed E-state index contributed by atoms with van der Waals surface area (Å²) in [6.07, 6.45) is 5.63. The summed E-state index contributed by atoms with van der Waals surface area (Å²) < 4.78 is 4.75. The van der Waals surface area contributed by atoms with Crippen molar-refractivity contribution in [1.82, 2.24) is 4.98 Å². The van der Waals surface area contributed by atoms with Crippen LogP contribution < -0.4 is 0 Å². The van der Waals surface area contributed by atoms with Crippen molar-refractivity contribution in [3.63, 3.8) is 0 Å². The molecular weight excluding hydrogens is 186 g/mol. The van der Waals surface area contributed by atoms with Gasteiger partial charge in [-0.1, -0.05) is 6.08 Å². The van der Waals surface area contributed by atoms with Crippen LogP contribution in [-0.4, -0.2) is 17.6 Å². The minimum absolute atomic E-state index is 0.199. The molecule has 1 aromatic heterocycles. The van der Waals surface area contributed by atoms with E-state index in [2.05, 4.69) is 4.98 Å². The number of rotatable bonds is 4. The Morgan fingerprint density at radius 3 is 3.23 bits per heavy atom. The summed E-state index contributed by atoms with van der Waals surface area (Å²) in [5.74, 6) is -0.199. The molecule has 70 valence electrons. The van der Waals surface area contributed by atoms with Crippen LogP contribution >= 0.6 is 11.3 Å². The normalized spacial score (nSPS) is 10.5. The summed E-state index contributed by atoms with van der Waals surface area (Å²) >= 11 is 1.54. The maximum absolute atomic E-state index is 10.9. The molecule has 0 amide bonds. The Morgan fingerprint density at radius 1 is 1.77 bits per heavy atom. The molecular formula is C9H11NO2S. The van der Waals surface area contributed by atoms with Gasteiger partial charge in [-0.2, -0.15) is 0 Å². The molecule has 1 rings (SSSR count). The number of carbonyl (C=O) groups is 1. The predicted molar refractivity (Wildman–Crippen MR) is 52.4 cm³/mol. The lowest BCUT2D eigenvalue weighted by molar-refractivity contribution is -0.142. The van der Waals surface area contributed by atoms with Gasteiger partial charge in [0.05, 0.1) is 13.0 Å². The zero-order chi connectivity index (χ0) is 9.52. The zero-order valence-corrected chi connectivity index (χ0v) is 8.21. The summed E-state index contributed by atoms with van der Waals surface area (Å²) in [7, 11) is 0. The second-order valence-corrected chi connectivity index (χ2v) is 3.21. The van der Waals surface area contributed by atoms with E-state index in [4.69, 9.17) is 4.74 Å². The third-order valence-electron chi connectivity index (χ3n) is 1.30. The highest BCUT2D eigenvalue weighted by Gasteiger charge is 1.96. The minimum atomic E-state index is -0.199. The third kappa shape index (κ3) is 3.85. The quantitative estimate of drug-likeness (QED) is 0.694. The van der Waals surface area contributed by atoms with Crippen LogP contribution in [0.15, 0.2) is 17.7 Å². The van der Waals surface area contributed by atoms with E-state index in [9.17, 15) is 4.79 Å². The van der Waals surface area contributed by atoms with Gasteiger partial charge in [0.2, 0.25) is 0 Å². The van der Waals surface area contributed by atoms with Crippen LogP contribution in [0.1, 0.15) is 18.4 Å². The molecule has 13 heavy (non-hydrogen) atoms. The number of nitrogens with zero attached hydrogens (tertiary/aromatic N) is 1. The topological polar surface area (TPSA) is 39.2 Å². The number of thiazole rings is 1. The van der Waals surface area contributed by atoms with Crippen molar-refractivity contribution in [2.75, 3.05) is 6.61 Å². The molecule has 0 saturated heterocycles. The fraction of sp³-hybridized carbons (Fsp3) is 0.333. The van der Waals surface area contributed by atoms with E-state index in [0.29, 0.717) is 13.0 Å². The Balaban J connectivity index is 2.30. The molecule has 0 radical (unpaired) electrons. The van der Waals surface area contributed by atoms with Gasteiger partial charge in [0.15, 0.2) is 0 Å². The van der Waals surface area contributed by atoms with Gasteiger partial charge < -0.3 is 4.74 Å². The van der Waals surface area contributed by atoms with Gasteiger partial charge in [-0.05, 0) is 13.0 Å². The molecule has 1 aromatic rings. The molecule has 0 unspecified atom stereocenters. The highest BCUT2D eigenvalue weighted by molar-refractivity contribution is 7.10. The van der Waals surface area contributed by atoms with E-state index in [1.807, 2.05) is 11.5 Å². The van der Waals surface area contributed by atoms with Crippen molar-refractivity contribution in [3.05, 3.63) is 22.7 Å². The number of carbonyl (C=O) groups excluding carboxylic acids is 1. The first-order valence-corrected chi connectivity index (χ1v) is 4.92. The number of aromatic nitrogens is 1. The molecule has 0 bridgehead atoms. The van der Waals surface area contributed by atoms with E-state index in [0.717, 1.165) is 5.01 Å². The Bertz CT molecular complexity index is 280. The van der Waals surface area contributed by atoms with Crippen molar-refractivity contribution < 1.29 is 9.53 Å². The molecule has 4 heteroatoms. The van der Waals surface area contributed by atoms with E-state index in [-0.39, 0.29) is 5.97 Å². The minimum Gasteiger partial charge on any atom is -0.466 e. The highest BCUT2D eigenvalue weighted by Crippen LogP contribution is 2.06. The van der Waals surface area contributed by atoms with Crippen molar-refractivity contribution in [2.45, 2.75) is 13.3 Å². The number of hydrogen-bond donors (Lipinski definition) is 0. The molecule has 0 fully saturated rings. The first kappa shape index (κ1) is 9.92. The summed E-state index contributed by atoms with van der Waals surface area (Å²) in [5, 5.41) is 2.80. The van der Waals surface area contributed by atoms with Gasteiger partial charge in [0, 0.05) is 11.6 Å². The van der Waals surface area contributed by atoms with Crippen LogP contribution in [0, 0.1) is 0 Å². The molecule has 0 atom stereocenters. The van der Waals surface area contributed by atoms with Crippen molar-refractivity contribution in [1.29, 1.82) is 0 Å². The largest absolute Gasteiger partial charge is 0.466 e. The van der Waals surface area contributed by atoms with E-state index in [1.165, 1.54) is 11.3 Å². The van der Waals surface area contributed by atoms with Crippen LogP contribution in [0.4, 0.5) is 0 Å². The van der Waals surface area contributed by atoms with Gasteiger partial charge >= 0.3 is 5.97 Å². The summed E-state index contributed by atoms with van der Waals surface area (Å²) in [5.41, 5.74) is 0. The average molecular weight is 197 g/mol. The summed E-state index contributed by atoms with van der Waals surface area (Å²) in [6.45, 7) is 2.23. The van der Waals surface area contributed by atoms with E-state index in [1.54, 1.807) is 19.2 Å². The zero-order valence-electron chi connectivity index (χ0n) is 7.40. The Labute approximate surface area is 81.1 Å². The van der Waals surface area contributed by atoms with Crippen LogP contribution in [0.2, 0.25) is 0 Å². The fourth-order valence-corrected chi connectivity index (χ4v) is 1.35. The average Bonchev–Trinajstić information content (AvgIpc) is 2.57. The molecule has 0 aromatic carbocycles. The maximum Gasteiger partial charge on any atom is 0.309 e. The smallest absolute Gasteiger partial charge is 0.309 e. The molecule has 0 spiro atoms. The third-order valence-corrected chi connectivity index (χ3v) is 2.04. The molecule has 0 saturated carbocycles. The second-order valence-electron chi connectivity index (χ2n) is 2.28. The van der Waals surface area contributed by atoms with Crippen LogP contribution in [0.3, 0.4) is 0 Å². The summed E-state index contributed by atoms with van der Waals surface area (Å²) in [4.78, 5) is 14.9. The Kier molecular flexibility index (Phi) is 4.18. The number of hydrogen-bond acceptors (Lipinski definition) is 4. The lowest BCUT2D eigenvalue weighted by Crippen LogP contribution is -2.01. The maximum atomic E-state index is 10.9. The van der Waals surface area contributed by atoms with Crippen molar-refractivity contribution in [3.8, 4) is 0 Å². The van der Waals surface area contributed by atoms with E-state index < -0.39 is 0 Å². The monoisotopic (exact) mass is 197 g/mol. The Morgan fingerprint density at radius 2 is 2.62 bits per heavy atom. The first-order valence-electron chi connectivity index (χ1n) is 4.04. The Hall–Kier alpha value is -1.16. The standard InChI is InChI=1S/C9H11NO2S/c1-2-12-9(11)5-3-4-8-10-6-7-13-8/h3-4,6-7H,2,5H2,1H3. The molecule has 0 N–H and O–H groups in total. The number of ether oxygens (including phenoxy) is 1. The van der Waals surface area contributed by atoms with E-state index >= 15 is 0 Å². The lowest BCUT2D eigenvalue weighted by atomic mass is 10.4. The van der Waals surface area contributed by atoms with Crippen LogP contribution in [-0.2, 0) is 9.53 Å². The molecule has 0 aliphatic heterocycles. The van der Waals surface area contributed by atoms with Gasteiger partial charge in [-0.15, -0.1) is 11.3 Å². The SMILES string of the molecule is CCOC(=O)CC=Cc1nccs1. The molecule has 0 aliphatic carbocycles. The molecule has 0 aliphatic rings. The summed E-state index contributed by atoms with van der Waals surface area (Å²) in [6, 6.07) is 0.